The van der Waals surface area contributed by atoms with Gasteiger partial charge in [-0.3, -0.25) is 14.4 Å². The monoisotopic (exact) mass is 224 g/mol. The van der Waals surface area contributed by atoms with E-state index in [0.29, 0.717) is 0 Å². The summed E-state index contributed by atoms with van der Waals surface area (Å²) in [5.74, 6) is -0.813. The molecule has 0 amide bonds. The Morgan fingerprint density at radius 1 is 1.20 bits per heavy atom. The van der Waals surface area contributed by atoms with Gasteiger partial charge in [-0.15, -0.1) is 11.6 Å². The predicted octanol–water partition coefficient (Wildman–Crippen LogP) is 0.444. The van der Waals surface area contributed by atoms with Crippen molar-refractivity contribution < 1.29 is 9.59 Å². The van der Waals surface area contributed by atoms with Crippen molar-refractivity contribution in [3.8, 4) is 0 Å². The second-order valence-corrected chi connectivity index (χ2v) is 3.20. The van der Waals surface area contributed by atoms with Crippen LogP contribution in [0.3, 0.4) is 0 Å². The van der Waals surface area contributed by atoms with Gasteiger partial charge in [0, 0.05) is 0 Å². The first-order valence-electron chi connectivity index (χ1n) is 4.09. The van der Waals surface area contributed by atoms with Crippen LogP contribution in [0.2, 0.25) is 0 Å². The molecule has 0 aromatic carbocycles. The van der Waals surface area contributed by atoms with E-state index in [1.54, 1.807) is 0 Å². The molecule has 5 nitrogen and oxygen atoms in total. The number of ketones is 2. The third kappa shape index (κ3) is 1.50. The van der Waals surface area contributed by atoms with E-state index in [9.17, 15) is 14.4 Å². The van der Waals surface area contributed by atoms with Gasteiger partial charge in [0.05, 0.1) is 5.88 Å². The Balaban J connectivity index is 2.77. The zero-order valence-electron chi connectivity index (χ0n) is 7.41. The highest BCUT2D eigenvalue weighted by molar-refractivity contribution is 6.21. The van der Waals surface area contributed by atoms with Gasteiger partial charge >= 0.3 is 0 Å². The van der Waals surface area contributed by atoms with Crippen LogP contribution in [-0.2, 0) is 5.88 Å². The summed E-state index contributed by atoms with van der Waals surface area (Å²) >= 11 is 5.48. The number of carbonyl (C=O) groups is 2. The maximum absolute atomic E-state index is 11.4. The van der Waals surface area contributed by atoms with E-state index in [-0.39, 0.29) is 23.0 Å². The van der Waals surface area contributed by atoms with Crippen molar-refractivity contribution in [2.24, 2.45) is 0 Å². The molecule has 1 aliphatic carbocycles. The number of aromatic nitrogens is 2. The first kappa shape index (κ1) is 9.79. The van der Waals surface area contributed by atoms with Crippen LogP contribution in [0.1, 0.15) is 26.7 Å². The van der Waals surface area contributed by atoms with Crippen LogP contribution in [0, 0.1) is 0 Å². The van der Waals surface area contributed by atoms with Crippen molar-refractivity contribution in [3.63, 3.8) is 0 Å². The Morgan fingerprint density at radius 2 is 1.87 bits per heavy atom. The third-order valence-corrected chi connectivity index (χ3v) is 2.21. The summed E-state index contributed by atoms with van der Waals surface area (Å²) < 4.78 is 0. The molecule has 1 heterocycles. The number of fused-ring (bicyclic) bond motifs is 1. The van der Waals surface area contributed by atoms with Crippen LogP contribution in [-0.4, -0.2) is 21.5 Å². The quantitative estimate of drug-likeness (QED) is 0.702. The summed E-state index contributed by atoms with van der Waals surface area (Å²) in [6.07, 6.45) is 2.15. The van der Waals surface area contributed by atoms with E-state index in [1.165, 1.54) is 0 Å². The van der Waals surface area contributed by atoms with Crippen molar-refractivity contribution in [3.05, 3.63) is 39.6 Å². The van der Waals surface area contributed by atoms with E-state index < -0.39 is 17.1 Å². The molecule has 1 aliphatic rings. The molecule has 0 saturated carbocycles. The fourth-order valence-corrected chi connectivity index (χ4v) is 1.43. The summed E-state index contributed by atoms with van der Waals surface area (Å²) in [5, 5.41) is 0. The SMILES string of the molecule is O=C1C=CC(=O)c2c1nc(CCl)[nH]c2=O. The number of rotatable bonds is 1. The fourth-order valence-electron chi connectivity index (χ4n) is 1.30. The van der Waals surface area contributed by atoms with Crippen LogP contribution in [0.5, 0.6) is 0 Å². The van der Waals surface area contributed by atoms with Gasteiger partial charge in [0.1, 0.15) is 17.1 Å². The van der Waals surface area contributed by atoms with E-state index in [1.807, 2.05) is 0 Å². The van der Waals surface area contributed by atoms with Gasteiger partial charge in [-0.2, -0.15) is 0 Å². The maximum Gasteiger partial charge on any atom is 0.262 e. The van der Waals surface area contributed by atoms with Gasteiger partial charge in [0.2, 0.25) is 5.78 Å². The molecule has 2 rings (SSSR count). The highest BCUT2D eigenvalue weighted by Crippen LogP contribution is 2.10. The average molecular weight is 225 g/mol. The van der Waals surface area contributed by atoms with Crippen LogP contribution in [0.4, 0.5) is 0 Å². The lowest BCUT2D eigenvalue weighted by Crippen LogP contribution is -2.27. The minimum Gasteiger partial charge on any atom is -0.309 e. The van der Waals surface area contributed by atoms with Gasteiger partial charge in [-0.25, -0.2) is 4.98 Å². The van der Waals surface area contributed by atoms with Gasteiger partial charge in [-0.1, -0.05) is 0 Å². The Bertz CT molecular complexity index is 545. The molecule has 0 radical (unpaired) electrons. The highest BCUT2D eigenvalue weighted by Gasteiger charge is 2.24. The lowest BCUT2D eigenvalue weighted by Gasteiger charge is -2.07. The maximum atomic E-state index is 11.4. The second-order valence-electron chi connectivity index (χ2n) is 2.93. The molecular formula is C9H5ClN2O3. The lowest BCUT2D eigenvalue weighted by molar-refractivity contribution is 0.0988. The van der Waals surface area contributed by atoms with Gasteiger partial charge in [0.25, 0.3) is 5.56 Å². The molecule has 76 valence electrons. The Kier molecular flexibility index (Phi) is 2.24. The minimum absolute atomic E-state index is 0.0201. The van der Waals surface area contributed by atoms with Crippen LogP contribution >= 0.6 is 11.6 Å². The van der Waals surface area contributed by atoms with Crippen LogP contribution < -0.4 is 5.56 Å². The molecule has 0 fully saturated rings. The second kappa shape index (κ2) is 3.43. The van der Waals surface area contributed by atoms with Gasteiger partial charge < -0.3 is 4.98 Å². The molecule has 0 unspecified atom stereocenters. The summed E-state index contributed by atoms with van der Waals surface area (Å²) in [5.41, 5.74) is -0.961. The van der Waals surface area contributed by atoms with Gasteiger partial charge in [-0.05, 0) is 12.2 Å². The number of allylic oxidation sites excluding steroid dienone is 2. The molecule has 1 aromatic rings. The number of nitrogens with one attached hydrogen (secondary N) is 1. The zero-order valence-corrected chi connectivity index (χ0v) is 8.17. The predicted molar refractivity (Wildman–Crippen MR) is 52.2 cm³/mol. The van der Waals surface area contributed by atoms with Crippen molar-refractivity contribution in [2.45, 2.75) is 5.88 Å². The van der Waals surface area contributed by atoms with Crippen molar-refractivity contribution in [1.82, 2.24) is 9.97 Å². The standard InChI is InChI=1S/C9H5ClN2O3/c10-3-6-11-8-5(14)2-1-4(13)7(8)9(15)12-6/h1-2H,3H2,(H,11,12,15). The molecule has 0 atom stereocenters. The number of nitrogens with zero attached hydrogens (tertiary/aromatic N) is 1. The number of hydrogen-bond donors (Lipinski definition) is 1. The summed E-state index contributed by atoms with van der Waals surface area (Å²) in [7, 11) is 0. The molecule has 6 heteroatoms. The van der Waals surface area contributed by atoms with E-state index in [2.05, 4.69) is 9.97 Å². The largest absolute Gasteiger partial charge is 0.309 e. The minimum atomic E-state index is -0.627. The van der Waals surface area contributed by atoms with E-state index in [0.717, 1.165) is 12.2 Å². The number of H-pyrrole nitrogens is 1. The van der Waals surface area contributed by atoms with Crippen molar-refractivity contribution in [1.29, 1.82) is 0 Å². The number of hydrogen-bond acceptors (Lipinski definition) is 4. The smallest absolute Gasteiger partial charge is 0.262 e. The third-order valence-electron chi connectivity index (χ3n) is 1.96. The number of halogens is 1. The van der Waals surface area contributed by atoms with E-state index >= 15 is 0 Å². The molecule has 0 aliphatic heterocycles. The molecule has 1 aromatic heterocycles. The van der Waals surface area contributed by atoms with Crippen LogP contribution in [0.25, 0.3) is 0 Å². The van der Waals surface area contributed by atoms with Gasteiger partial charge in [0.15, 0.2) is 5.78 Å². The topological polar surface area (TPSA) is 79.9 Å². The number of alkyl halides is 1. The zero-order chi connectivity index (χ0) is 11.0. The number of carbonyl (C=O) groups excluding carboxylic acids is 2. The Morgan fingerprint density at radius 3 is 2.53 bits per heavy atom. The molecule has 1 N–H and O–H groups in total. The van der Waals surface area contributed by atoms with E-state index in [4.69, 9.17) is 11.6 Å². The molecule has 0 bridgehead atoms. The lowest BCUT2D eigenvalue weighted by atomic mass is 10.0. The first-order valence-corrected chi connectivity index (χ1v) is 4.63. The fraction of sp³-hybridized carbons (Fsp3) is 0.111. The number of aromatic amines is 1. The Hall–Kier alpha value is -1.75. The molecule has 0 saturated heterocycles. The molecule has 15 heavy (non-hydrogen) atoms. The first-order chi connectivity index (χ1) is 7.13. The summed E-state index contributed by atoms with van der Waals surface area (Å²) in [6.45, 7) is 0. The molecule has 0 spiro atoms. The van der Waals surface area contributed by atoms with Crippen molar-refractivity contribution >= 4 is 23.2 Å². The highest BCUT2D eigenvalue weighted by atomic mass is 35.5. The average Bonchev–Trinajstić information content (AvgIpc) is 2.23. The summed E-state index contributed by atoms with van der Waals surface area (Å²) in [4.78, 5) is 40.3. The molecular weight excluding hydrogens is 220 g/mol. The van der Waals surface area contributed by atoms with Crippen LogP contribution in [0.15, 0.2) is 16.9 Å². The Labute approximate surface area is 88.8 Å². The van der Waals surface area contributed by atoms with Crippen molar-refractivity contribution in [2.75, 3.05) is 0 Å². The normalized spacial score (nSPS) is 14.2. The summed E-state index contributed by atoms with van der Waals surface area (Å²) in [6, 6.07) is 0.